The summed E-state index contributed by atoms with van der Waals surface area (Å²) >= 11 is 0. The third-order valence-corrected chi connectivity index (χ3v) is 6.66. The standard InChI is InChI=1S/C22H27N3O5/c26-18(12-22(13-19(27)28)8-4-5-9-22)23-10-11-24-17(15-23)20(29)25(21(24)30)14-16-6-2-1-3-7-16/h1-3,6-7,17H,4-5,8-15H2,(H,27,28)/t17-/m0/s1. The van der Waals surface area contributed by atoms with Crippen LogP contribution in [0, 0.1) is 5.41 Å². The number of imide groups is 1. The number of nitrogens with zero attached hydrogens (tertiary/aromatic N) is 3. The van der Waals surface area contributed by atoms with Gasteiger partial charge in [0.15, 0.2) is 0 Å². The third kappa shape index (κ3) is 3.91. The van der Waals surface area contributed by atoms with E-state index in [-0.39, 0.29) is 43.8 Å². The molecule has 8 nitrogen and oxygen atoms in total. The average molecular weight is 413 g/mol. The normalized spacial score (nSPS) is 23.1. The summed E-state index contributed by atoms with van der Waals surface area (Å²) in [4.78, 5) is 54.4. The summed E-state index contributed by atoms with van der Waals surface area (Å²) in [6.45, 7) is 1.09. The molecule has 1 aromatic carbocycles. The van der Waals surface area contributed by atoms with Gasteiger partial charge >= 0.3 is 12.0 Å². The Bertz CT molecular complexity index is 850. The molecule has 160 valence electrons. The van der Waals surface area contributed by atoms with Crippen molar-refractivity contribution in [1.29, 1.82) is 0 Å². The molecule has 2 aliphatic heterocycles. The summed E-state index contributed by atoms with van der Waals surface area (Å²) in [5.41, 5.74) is 0.401. The van der Waals surface area contributed by atoms with Gasteiger partial charge in [-0.3, -0.25) is 19.3 Å². The second-order valence-electron chi connectivity index (χ2n) is 8.70. The summed E-state index contributed by atoms with van der Waals surface area (Å²) in [6.07, 6.45) is 3.58. The van der Waals surface area contributed by atoms with Crippen molar-refractivity contribution < 1.29 is 24.3 Å². The first kappa shape index (κ1) is 20.4. The predicted molar refractivity (Wildman–Crippen MR) is 107 cm³/mol. The Morgan fingerprint density at radius 2 is 1.73 bits per heavy atom. The van der Waals surface area contributed by atoms with Gasteiger partial charge in [0.1, 0.15) is 6.04 Å². The van der Waals surface area contributed by atoms with Crippen LogP contribution in [0.25, 0.3) is 0 Å². The van der Waals surface area contributed by atoms with Crippen LogP contribution >= 0.6 is 0 Å². The monoisotopic (exact) mass is 413 g/mol. The number of piperazine rings is 1. The first-order valence-corrected chi connectivity index (χ1v) is 10.5. The summed E-state index contributed by atoms with van der Waals surface area (Å²) in [7, 11) is 0. The van der Waals surface area contributed by atoms with Crippen LogP contribution in [0.4, 0.5) is 4.79 Å². The summed E-state index contributed by atoms with van der Waals surface area (Å²) in [6, 6.07) is 8.39. The number of rotatable bonds is 6. The van der Waals surface area contributed by atoms with Crippen LogP contribution in [0.2, 0.25) is 0 Å². The summed E-state index contributed by atoms with van der Waals surface area (Å²) in [5.74, 6) is -1.26. The van der Waals surface area contributed by atoms with Crippen LogP contribution in [0.15, 0.2) is 30.3 Å². The highest BCUT2D eigenvalue weighted by atomic mass is 16.4. The van der Waals surface area contributed by atoms with E-state index in [2.05, 4.69) is 0 Å². The van der Waals surface area contributed by atoms with E-state index in [1.165, 1.54) is 4.90 Å². The molecule has 0 bridgehead atoms. The van der Waals surface area contributed by atoms with Gasteiger partial charge in [-0.15, -0.1) is 0 Å². The van der Waals surface area contributed by atoms with Crippen molar-refractivity contribution in [2.45, 2.75) is 51.1 Å². The maximum atomic E-state index is 13.0. The van der Waals surface area contributed by atoms with E-state index in [4.69, 9.17) is 0 Å². The quantitative estimate of drug-likeness (QED) is 0.720. The number of carboxylic acids is 1. The van der Waals surface area contributed by atoms with Crippen molar-refractivity contribution in [3.63, 3.8) is 0 Å². The van der Waals surface area contributed by atoms with Crippen molar-refractivity contribution in [2.24, 2.45) is 5.41 Å². The molecule has 2 saturated heterocycles. The predicted octanol–water partition coefficient (Wildman–Crippen LogP) is 2.09. The lowest BCUT2D eigenvalue weighted by Crippen LogP contribution is -2.55. The van der Waals surface area contributed by atoms with Gasteiger partial charge in [0.2, 0.25) is 5.91 Å². The molecular weight excluding hydrogens is 386 g/mol. The van der Waals surface area contributed by atoms with Crippen LogP contribution in [0.1, 0.15) is 44.1 Å². The molecule has 1 aliphatic carbocycles. The largest absolute Gasteiger partial charge is 0.481 e. The Labute approximate surface area is 175 Å². The molecule has 0 spiro atoms. The van der Waals surface area contributed by atoms with Crippen molar-refractivity contribution in [3.05, 3.63) is 35.9 Å². The minimum Gasteiger partial charge on any atom is -0.481 e. The Morgan fingerprint density at radius 3 is 2.40 bits per heavy atom. The molecule has 1 saturated carbocycles. The molecule has 2 heterocycles. The lowest BCUT2D eigenvalue weighted by Gasteiger charge is -2.37. The Balaban J connectivity index is 1.42. The topological polar surface area (TPSA) is 98.2 Å². The van der Waals surface area contributed by atoms with E-state index >= 15 is 0 Å². The molecule has 3 fully saturated rings. The number of benzene rings is 1. The van der Waals surface area contributed by atoms with E-state index in [9.17, 15) is 24.3 Å². The van der Waals surface area contributed by atoms with Crippen LogP contribution < -0.4 is 0 Å². The molecule has 0 aromatic heterocycles. The van der Waals surface area contributed by atoms with Gasteiger partial charge in [-0.25, -0.2) is 4.79 Å². The zero-order chi connectivity index (χ0) is 21.3. The second-order valence-corrected chi connectivity index (χ2v) is 8.70. The summed E-state index contributed by atoms with van der Waals surface area (Å²) in [5, 5.41) is 9.28. The van der Waals surface area contributed by atoms with E-state index in [1.54, 1.807) is 9.80 Å². The first-order valence-electron chi connectivity index (χ1n) is 10.5. The molecule has 1 atom stereocenters. The highest BCUT2D eigenvalue weighted by Gasteiger charge is 2.49. The molecule has 1 aromatic rings. The minimum atomic E-state index is -0.873. The lowest BCUT2D eigenvalue weighted by atomic mass is 9.79. The van der Waals surface area contributed by atoms with Gasteiger partial charge in [-0.2, -0.15) is 0 Å². The minimum absolute atomic E-state index is 0.00437. The van der Waals surface area contributed by atoms with Crippen LogP contribution in [0.3, 0.4) is 0 Å². The Kier molecular flexibility index (Phi) is 5.49. The van der Waals surface area contributed by atoms with Gasteiger partial charge in [-0.05, 0) is 23.8 Å². The van der Waals surface area contributed by atoms with Gasteiger partial charge in [-0.1, -0.05) is 43.2 Å². The number of amides is 4. The zero-order valence-electron chi connectivity index (χ0n) is 17.0. The number of hydrogen-bond donors (Lipinski definition) is 1. The van der Waals surface area contributed by atoms with Gasteiger partial charge in [0.25, 0.3) is 5.91 Å². The number of carboxylic acid groups (broad SMARTS) is 1. The molecule has 0 radical (unpaired) electrons. The average Bonchev–Trinajstić information content (AvgIpc) is 3.26. The third-order valence-electron chi connectivity index (χ3n) is 6.66. The second kappa shape index (κ2) is 8.08. The van der Waals surface area contributed by atoms with Crippen LogP contribution in [-0.4, -0.2) is 69.3 Å². The van der Waals surface area contributed by atoms with Crippen molar-refractivity contribution in [1.82, 2.24) is 14.7 Å². The molecule has 8 heteroatoms. The number of urea groups is 1. The molecule has 1 N–H and O–H groups in total. The van der Waals surface area contributed by atoms with E-state index in [0.29, 0.717) is 13.1 Å². The first-order chi connectivity index (χ1) is 14.4. The molecule has 30 heavy (non-hydrogen) atoms. The molecule has 3 aliphatic rings. The molecule has 4 amide bonds. The van der Waals surface area contributed by atoms with Gasteiger partial charge in [0, 0.05) is 19.5 Å². The number of hydrogen-bond acceptors (Lipinski definition) is 4. The van der Waals surface area contributed by atoms with E-state index in [1.807, 2.05) is 30.3 Å². The lowest BCUT2D eigenvalue weighted by molar-refractivity contribution is -0.142. The molecule has 4 rings (SSSR count). The van der Waals surface area contributed by atoms with Crippen molar-refractivity contribution >= 4 is 23.8 Å². The van der Waals surface area contributed by atoms with E-state index < -0.39 is 17.4 Å². The number of carbonyl (C=O) groups is 4. The Morgan fingerprint density at radius 1 is 1.03 bits per heavy atom. The maximum Gasteiger partial charge on any atom is 0.327 e. The Hall–Kier alpha value is -2.90. The van der Waals surface area contributed by atoms with Crippen LogP contribution in [-0.2, 0) is 20.9 Å². The van der Waals surface area contributed by atoms with Crippen LogP contribution in [0.5, 0.6) is 0 Å². The van der Waals surface area contributed by atoms with Gasteiger partial charge in [0.05, 0.1) is 19.5 Å². The zero-order valence-corrected chi connectivity index (χ0v) is 17.0. The molecule has 0 unspecified atom stereocenters. The smallest absolute Gasteiger partial charge is 0.327 e. The fourth-order valence-corrected chi connectivity index (χ4v) is 5.08. The number of carbonyl (C=O) groups excluding carboxylic acids is 3. The highest BCUT2D eigenvalue weighted by Crippen LogP contribution is 2.44. The van der Waals surface area contributed by atoms with E-state index in [0.717, 1.165) is 31.2 Å². The fourth-order valence-electron chi connectivity index (χ4n) is 5.08. The van der Waals surface area contributed by atoms with Crippen molar-refractivity contribution in [2.75, 3.05) is 19.6 Å². The summed E-state index contributed by atoms with van der Waals surface area (Å²) < 4.78 is 0. The molecular formula is C22H27N3O5. The SMILES string of the molecule is O=C(O)CC1(CC(=O)N2CCN3C(=O)N(Cc4ccccc4)C(=O)[C@@H]3C2)CCCC1. The maximum absolute atomic E-state index is 13.0. The van der Waals surface area contributed by atoms with Gasteiger partial charge < -0.3 is 14.9 Å². The fraction of sp³-hybridized carbons (Fsp3) is 0.545. The number of aliphatic carboxylic acids is 1. The number of fused-ring (bicyclic) bond motifs is 1. The highest BCUT2D eigenvalue weighted by molar-refractivity contribution is 6.04. The van der Waals surface area contributed by atoms with Crippen molar-refractivity contribution in [3.8, 4) is 0 Å².